The zero-order chi connectivity index (χ0) is 17.0. The van der Waals surface area contributed by atoms with Gasteiger partial charge in [0.05, 0.1) is 5.56 Å². The summed E-state index contributed by atoms with van der Waals surface area (Å²) in [6.07, 6.45) is -1.11. The summed E-state index contributed by atoms with van der Waals surface area (Å²) >= 11 is 0. The Balaban J connectivity index is 2.02. The van der Waals surface area contributed by atoms with E-state index in [9.17, 15) is 19.2 Å². The molecule has 1 aliphatic rings. The maximum Gasteiger partial charge on any atom is 0.338 e. The highest BCUT2D eigenvalue weighted by atomic mass is 16.5. The number of imide groups is 1. The Hall–Kier alpha value is -3.10. The molecule has 0 saturated carbocycles. The number of carbonyl (C=O) groups is 4. The minimum atomic E-state index is -1.11. The lowest BCUT2D eigenvalue weighted by molar-refractivity contribution is -0.136. The van der Waals surface area contributed by atoms with Gasteiger partial charge >= 0.3 is 18.0 Å². The van der Waals surface area contributed by atoms with Gasteiger partial charge in [0.15, 0.2) is 6.10 Å². The molecule has 5 amide bonds. The molecule has 0 unspecified atom stereocenters. The second-order valence-corrected chi connectivity index (χ2v) is 4.84. The molecule has 9 heteroatoms. The Morgan fingerprint density at radius 2 is 2.13 bits per heavy atom. The normalized spacial score (nSPS) is 14.8. The van der Waals surface area contributed by atoms with E-state index >= 15 is 0 Å². The van der Waals surface area contributed by atoms with Gasteiger partial charge in [0.25, 0.3) is 5.91 Å². The van der Waals surface area contributed by atoms with Crippen LogP contribution in [0, 0.1) is 0 Å². The summed E-state index contributed by atoms with van der Waals surface area (Å²) < 4.78 is 5.06. The average molecular weight is 320 g/mol. The van der Waals surface area contributed by atoms with Gasteiger partial charge in [-0.2, -0.15) is 0 Å². The minimum absolute atomic E-state index is 0.141. The zero-order valence-electron chi connectivity index (χ0n) is 12.4. The van der Waals surface area contributed by atoms with Crippen LogP contribution in [-0.2, 0) is 9.53 Å². The number of ether oxygens (including phenoxy) is 1. The molecule has 2 rings (SSSR count). The molecule has 1 aromatic carbocycles. The van der Waals surface area contributed by atoms with E-state index in [1.807, 2.05) is 0 Å². The molecule has 1 aliphatic heterocycles. The highest BCUT2D eigenvalue weighted by molar-refractivity contribution is 6.00. The van der Waals surface area contributed by atoms with Crippen LogP contribution < -0.4 is 16.4 Å². The van der Waals surface area contributed by atoms with Crippen LogP contribution in [0.2, 0.25) is 0 Å². The Kier molecular flexibility index (Phi) is 4.79. The van der Waals surface area contributed by atoms with E-state index in [1.54, 1.807) is 6.07 Å². The molecule has 1 aromatic rings. The van der Waals surface area contributed by atoms with Crippen molar-refractivity contribution in [2.75, 3.05) is 18.4 Å². The third kappa shape index (κ3) is 3.96. The van der Waals surface area contributed by atoms with Gasteiger partial charge in [0, 0.05) is 18.8 Å². The van der Waals surface area contributed by atoms with Crippen molar-refractivity contribution in [3.05, 3.63) is 29.8 Å². The highest BCUT2D eigenvalue weighted by Crippen LogP contribution is 2.13. The van der Waals surface area contributed by atoms with Crippen LogP contribution in [-0.4, -0.2) is 48.0 Å². The fourth-order valence-electron chi connectivity index (χ4n) is 2.05. The SMILES string of the molecule is C[C@@H](OC(=O)c1cccc(NC(N)=O)c1)C(=O)N1CCNC1=O. The predicted molar refractivity (Wildman–Crippen MR) is 79.6 cm³/mol. The molecular weight excluding hydrogens is 304 g/mol. The van der Waals surface area contributed by atoms with E-state index in [2.05, 4.69) is 10.6 Å². The number of hydrogen-bond acceptors (Lipinski definition) is 5. The van der Waals surface area contributed by atoms with Crippen LogP contribution in [0.15, 0.2) is 24.3 Å². The number of amides is 5. The van der Waals surface area contributed by atoms with Gasteiger partial charge in [-0.3, -0.25) is 9.69 Å². The lowest BCUT2D eigenvalue weighted by Crippen LogP contribution is -2.41. The number of nitrogens with one attached hydrogen (secondary N) is 2. The van der Waals surface area contributed by atoms with E-state index in [0.717, 1.165) is 4.90 Å². The molecule has 23 heavy (non-hydrogen) atoms. The van der Waals surface area contributed by atoms with Gasteiger partial charge in [-0.05, 0) is 25.1 Å². The van der Waals surface area contributed by atoms with E-state index in [4.69, 9.17) is 10.5 Å². The van der Waals surface area contributed by atoms with Crippen molar-refractivity contribution in [1.29, 1.82) is 0 Å². The maximum absolute atomic E-state index is 12.1. The third-order valence-corrected chi connectivity index (χ3v) is 3.12. The maximum atomic E-state index is 12.1. The molecule has 0 radical (unpaired) electrons. The van der Waals surface area contributed by atoms with Gasteiger partial charge < -0.3 is 21.1 Å². The second kappa shape index (κ2) is 6.77. The first-order valence-electron chi connectivity index (χ1n) is 6.85. The highest BCUT2D eigenvalue weighted by Gasteiger charge is 2.31. The number of rotatable bonds is 4. The van der Waals surface area contributed by atoms with Gasteiger partial charge in [0.2, 0.25) is 0 Å². The number of nitrogens with two attached hydrogens (primary N) is 1. The number of urea groups is 2. The number of anilines is 1. The summed E-state index contributed by atoms with van der Waals surface area (Å²) in [7, 11) is 0. The van der Waals surface area contributed by atoms with Crippen molar-refractivity contribution >= 4 is 29.6 Å². The van der Waals surface area contributed by atoms with Crippen LogP contribution >= 0.6 is 0 Å². The standard InChI is InChI=1S/C14H16N4O5/c1-8(11(19)18-6-5-16-14(18)22)23-12(20)9-3-2-4-10(7-9)17-13(15)21/h2-4,7-8H,5-6H2,1H3,(H,16,22)(H3,15,17,21)/t8-/m1/s1. The van der Waals surface area contributed by atoms with E-state index in [0.29, 0.717) is 12.2 Å². The van der Waals surface area contributed by atoms with Gasteiger partial charge in [-0.25, -0.2) is 14.4 Å². The van der Waals surface area contributed by atoms with Crippen molar-refractivity contribution in [2.45, 2.75) is 13.0 Å². The average Bonchev–Trinajstić information content (AvgIpc) is 2.92. The number of nitrogens with zero attached hydrogens (tertiary/aromatic N) is 1. The van der Waals surface area contributed by atoms with Crippen molar-refractivity contribution in [3.63, 3.8) is 0 Å². The largest absolute Gasteiger partial charge is 0.449 e. The smallest absolute Gasteiger partial charge is 0.338 e. The summed E-state index contributed by atoms with van der Waals surface area (Å²) in [5.41, 5.74) is 5.46. The van der Waals surface area contributed by atoms with Crippen molar-refractivity contribution < 1.29 is 23.9 Å². The van der Waals surface area contributed by atoms with Gasteiger partial charge in [-0.15, -0.1) is 0 Å². The van der Waals surface area contributed by atoms with E-state index in [-0.39, 0.29) is 12.1 Å². The van der Waals surface area contributed by atoms with Gasteiger partial charge in [-0.1, -0.05) is 6.07 Å². The van der Waals surface area contributed by atoms with Crippen LogP contribution in [0.3, 0.4) is 0 Å². The summed E-state index contributed by atoms with van der Waals surface area (Å²) in [5.74, 6) is -1.35. The molecule has 9 nitrogen and oxygen atoms in total. The minimum Gasteiger partial charge on any atom is -0.449 e. The number of esters is 1. The summed E-state index contributed by atoms with van der Waals surface area (Å²) in [6.45, 7) is 1.99. The summed E-state index contributed by atoms with van der Waals surface area (Å²) in [5, 5.41) is 4.82. The summed E-state index contributed by atoms with van der Waals surface area (Å²) in [6, 6.07) is 4.64. The molecule has 1 atom stereocenters. The molecule has 1 heterocycles. The third-order valence-electron chi connectivity index (χ3n) is 3.12. The van der Waals surface area contributed by atoms with Crippen LogP contribution in [0.5, 0.6) is 0 Å². The number of hydrogen-bond donors (Lipinski definition) is 3. The first-order valence-corrected chi connectivity index (χ1v) is 6.85. The van der Waals surface area contributed by atoms with E-state index in [1.165, 1.54) is 25.1 Å². The Labute approximate surface area is 131 Å². The topological polar surface area (TPSA) is 131 Å². The second-order valence-electron chi connectivity index (χ2n) is 4.84. The summed E-state index contributed by atoms with van der Waals surface area (Å²) in [4.78, 5) is 47.3. The first-order chi connectivity index (χ1) is 10.9. The fraction of sp³-hybridized carbons (Fsp3) is 0.286. The Morgan fingerprint density at radius 1 is 1.39 bits per heavy atom. The van der Waals surface area contributed by atoms with Gasteiger partial charge in [0.1, 0.15) is 0 Å². The van der Waals surface area contributed by atoms with Crippen molar-refractivity contribution in [1.82, 2.24) is 10.2 Å². The molecular formula is C14H16N4O5. The predicted octanol–water partition coefficient (Wildman–Crippen LogP) is 0.274. The van der Waals surface area contributed by atoms with Crippen molar-refractivity contribution in [2.24, 2.45) is 5.73 Å². The molecule has 0 aromatic heterocycles. The number of primary amides is 1. The molecule has 122 valence electrons. The number of carbonyl (C=O) groups excluding carboxylic acids is 4. The fourth-order valence-corrected chi connectivity index (χ4v) is 2.05. The number of benzene rings is 1. The Bertz CT molecular complexity index is 660. The first kappa shape index (κ1) is 16.3. The van der Waals surface area contributed by atoms with Crippen LogP contribution in [0.1, 0.15) is 17.3 Å². The molecule has 1 saturated heterocycles. The lowest BCUT2D eigenvalue weighted by Gasteiger charge is -2.18. The molecule has 0 aliphatic carbocycles. The van der Waals surface area contributed by atoms with Crippen LogP contribution in [0.4, 0.5) is 15.3 Å². The van der Waals surface area contributed by atoms with E-state index < -0.39 is 30.0 Å². The molecule has 1 fully saturated rings. The monoisotopic (exact) mass is 320 g/mol. The molecule has 0 spiro atoms. The quantitative estimate of drug-likeness (QED) is 0.686. The zero-order valence-corrected chi connectivity index (χ0v) is 12.4. The molecule has 0 bridgehead atoms. The molecule has 4 N–H and O–H groups in total. The van der Waals surface area contributed by atoms with Crippen molar-refractivity contribution in [3.8, 4) is 0 Å². The Morgan fingerprint density at radius 3 is 2.74 bits per heavy atom. The van der Waals surface area contributed by atoms with Crippen LogP contribution in [0.25, 0.3) is 0 Å². The lowest BCUT2D eigenvalue weighted by atomic mass is 10.2.